The Hall–Kier alpha value is -3.33. The molecule has 0 aliphatic rings. The minimum atomic E-state index is -1.24. The summed E-state index contributed by atoms with van der Waals surface area (Å²) in [4.78, 5) is 35.2. The number of rotatable bonds is 7. The molecule has 1 amide bonds. The lowest BCUT2D eigenvalue weighted by Crippen LogP contribution is -2.30. The van der Waals surface area contributed by atoms with Gasteiger partial charge in [0.2, 0.25) is 0 Å². The van der Waals surface area contributed by atoms with Gasteiger partial charge in [0.15, 0.2) is 6.10 Å². The molecule has 2 aromatic carbocycles. The fourth-order valence-electron chi connectivity index (χ4n) is 2.25. The van der Waals surface area contributed by atoms with Crippen LogP contribution in [0.1, 0.15) is 17.3 Å². The molecule has 0 aliphatic heterocycles. The van der Waals surface area contributed by atoms with Crippen molar-refractivity contribution in [1.29, 1.82) is 0 Å². The molecule has 0 bridgehead atoms. The predicted octanol–water partition coefficient (Wildman–Crippen LogP) is 3.45. The Labute approximate surface area is 165 Å². The van der Waals surface area contributed by atoms with Gasteiger partial charge in [-0.3, -0.25) is 14.9 Å². The number of anilines is 1. The third-order valence-electron chi connectivity index (χ3n) is 3.69. The number of ether oxygens (including phenoxy) is 3. The van der Waals surface area contributed by atoms with Crippen molar-refractivity contribution in [3.05, 3.63) is 57.1 Å². The van der Waals surface area contributed by atoms with Gasteiger partial charge in [-0.15, -0.1) is 0 Å². The molecule has 9 nitrogen and oxygen atoms in total. The third-order valence-corrected chi connectivity index (χ3v) is 3.93. The van der Waals surface area contributed by atoms with E-state index < -0.39 is 22.9 Å². The normalized spacial score (nSPS) is 11.3. The standard InChI is InChI=1S/C18H17ClN2O7/c1-10(28-18(23)13-8-11(19)4-7-16(13)27-3)17(22)20-14-6-5-12(26-2)9-15(14)21(24)25/h4-10H,1-3H3,(H,20,22)/t10-/m1/s1. The number of esters is 1. The van der Waals surface area contributed by atoms with Crippen LogP contribution in [0.25, 0.3) is 0 Å². The zero-order chi connectivity index (χ0) is 20.8. The summed E-state index contributed by atoms with van der Waals surface area (Å²) in [6, 6.07) is 8.32. The maximum absolute atomic E-state index is 12.3. The summed E-state index contributed by atoms with van der Waals surface area (Å²) >= 11 is 5.88. The number of carbonyl (C=O) groups excluding carboxylic acids is 2. The van der Waals surface area contributed by atoms with Crippen LogP contribution in [0.2, 0.25) is 5.02 Å². The monoisotopic (exact) mass is 408 g/mol. The number of carbonyl (C=O) groups is 2. The average Bonchev–Trinajstić information content (AvgIpc) is 2.67. The molecule has 0 fully saturated rings. The Balaban J connectivity index is 2.15. The Bertz CT molecular complexity index is 917. The molecule has 2 aromatic rings. The molecule has 1 atom stereocenters. The van der Waals surface area contributed by atoms with Crippen molar-refractivity contribution in [2.24, 2.45) is 0 Å². The van der Waals surface area contributed by atoms with Crippen LogP contribution in [0.3, 0.4) is 0 Å². The van der Waals surface area contributed by atoms with E-state index in [0.29, 0.717) is 5.02 Å². The van der Waals surface area contributed by atoms with E-state index in [0.717, 1.165) is 0 Å². The molecule has 148 valence electrons. The van der Waals surface area contributed by atoms with Gasteiger partial charge in [-0.25, -0.2) is 4.79 Å². The summed E-state index contributed by atoms with van der Waals surface area (Å²) in [6.45, 7) is 1.33. The summed E-state index contributed by atoms with van der Waals surface area (Å²) in [5.74, 6) is -1.08. The third kappa shape index (κ3) is 4.89. The average molecular weight is 409 g/mol. The lowest BCUT2D eigenvalue weighted by atomic mass is 10.2. The van der Waals surface area contributed by atoms with Gasteiger partial charge in [0, 0.05) is 5.02 Å². The van der Waals surface area contributed by atoms with E-state index in [1.54, 1.807) is 0 Å². The lowest BCUT2D eigenvalue weighted by Gasteiger charge is -2.15. The van der Waals surface area contributed by atoms with Gasteiger partial charge in [0.1, 0.15) is 22.7 Å². The van der Waals surface area contributed by atoms with E-state index in [1.807, 2.05) is 0 Å². The number of halogens is 1. The van der Waals surface area contributed by atoms with Crippen molar-refractivity contribution in [2.75, 3.05) is 19.5 Å². The first-order chi connectivity index (χ1) is 13.3. The maximum Gasteiger partial charge on any atom is 0.342 e. The number of hydrogen-bond acceptors (Lipinski definition) is 7. The maximum atomic E-state index is 12.3. The van der Waals surface area contributed by atoms with Crippen LogP contribution < -0.4 is 14.8 Å². The number of nitro groups is 1. The van der Waals surface area contributed by atoms with E-state index in [4.69, 9.17) is 25.8 Å². The van der Waals surface area contributed by atoms with Crippen LogP contribution in [-0.2, 0) is 9.53 Å². The Kier molecular flexibility index (Phi) is 6.78. The van der Waals surface area contributed by atoms with E-state index in [1.165, 1.54) is 57.5 Å². The van der Waals surface area contributed by atoms with Crippen molar-refractivity contribution in [1.82, 2.24) is 0 Å². The van der Waals surface area contributed by atoms with Crippen molar-refractivity contribution >= 4 is 34.9 Å². The molecular formula is C18H17ClN2O7. The van der Waals surface area contributed by atoms with Crippen molar-refractivity contribution in [2.45, 2.75) is 13.0 Å². The number of nitro benzene ring substituents is 1. The number of benzene rings is 2. The highest BCUT2D eigenvalue weighted by atomic mass is 35.5. The van der Waals surface area contributed by atoms with E-state index >= 15 is 0 Å². The number of methoxy groups -OCH3 is 2. The smallest absolute Gasteiger partial charge is 0.342 e. The number of amides is 1. The second kappa shape index (κ2) is 9.05. The minimum Gasteiger partial charge on any atom is -0.496 e. The van der Waals surface area contributed by atoms with Gasteiger partial charge in [-0.05, 0) is 37.3 Å². The van der Waals surface area contributed by atoms with Crippen molar-refractivity contribution in [3.8, 4) is 11.5 Å². The molecular weight excluding hydrogens is 392 g/mol. The van der Waals surface area contributed by atoms with Gasteiger partial charge in [-0.2, -0.15) is 0 Å². The predicted molar refractivity (Wildman–Crippen MR) is 101 cm³/mol. The molecule has 1 N–H and O–H groups in total. The highest BCUT2D eigenvalue weighted by Gasteiger charge is 2.24. The van der Waals surface area contributed by atoms with E-state index in [2.05, 4.69) is 5.32 Å². The summed E-state index contributed by atoms with van der Waals surface area (Å²) in [5.41, 5.74) is -0.369. The van der Waals surface area contributed by atoms with Crippen LogP contribution in [0.5, 0.6) is 11.5 Å². The molecule has 10 heteroatoms. The molecule has 0 heterocycles. The highest BCUT2D eigenvalue weighted by molar-refractivity contribution is 6.31. The van der Waals surface area contributed by atoms with Crippen LogP contribution >= 0.6 is 11.6 Å². The minimum absolute atomic E-state index is 0.0464. The Morgan fingerprint density at radius 3 is 2.46 bits per heavy atom. The van der Waals surface area contributed by atoms with Gasteiger partial charge in [0.05, 0.1) is 25.2 Å². The molecule has 2 rings (SSSR count). The Morgan fingerprint density at radius 2 is 1.86 bits per heavy atom. The second-order valence-corrected chi connectivity index (χ2v) is 5.96. The first kappa shape index (κ1) is 21.0. The van der Waals surface area contributed by atoms with Gasteiger partial charge in [-0.1, -0.05) is 11.6 Å². The van der Waals surface area contributed by atoms with Crippen molar-refractivity contribution < 1.29 is 28.7 Å². The van der Waals surface area contributed by atoms with Gasteiger partial charge in [0.25, 0.3) is 11.6 Å². The van der Waals surface area contributed by atoms with Crippen LogP contribution in [0.15, 0.2) is 36.4 Å². The van der Waals surface area contributed by atoms with Gasteiger partial charge < -0.3 is 19.5 Å². The summed E-state index contributed by atoms with van der Waals surface area (Å²) in [6.07, 6.45) is -1.24. The Morgan fingerprint density at radius 1 is 1.14 bits per heavy atom. The topological polar surface area (TPSA) is 117 Å². The van der Waals surface area contributed by atoms with Crippen molar-refractivity contribution in [3.63, 3.8) is 0 Å². The quantitative estimate of drug-likeness (QED) is 0.423. The summed E-state index contributed by atoms with van der Waals surface area (Å²) in [7, 11) is 2.74. The molecule has 0 radical (unpaired) electrons. The lowest BCUT2D eigenvalue weighted by molar-refractivity contribution is -0.384. The number of hydrogen-bond donors (Lipinski definition) is 1. The van der Waals surface area contributed by atoms with E-state index in [-0.39, 0.29) is 28.4 Å². The molecule has 0 aromatic heterocycles. The first-order valence-electron chi connectivity index (χ1n) is 7.94. The number of nitrogens with one attached hydrogen (secondary N) is 1. The van der Waals surface area contributed by atoms with Crippen LogP contribution in [0, 0.1) is 10.1 Å². The van der Waals surface area contributed by atoms with Gasteiger partial charge >= 0.3 is 5.97 Å². The highest BCUT2D eigenvalue weighted by Crippen LogP contribution is 2.29. The summed E-state index contributed by atoms with van der Waals surface area (Å²) < 4.78 is 15.1. The molecule has 0 saturated heterocycles. The number of nitrogens with zero attached hydrogens (tertiary/aromatic N) is 1. The molecule has 0 saturated carbocycles. The molecule has 0 aliphatic carbocycles. The first-order valence-corrected chi connectivity index (χ1v) is 8.32. The van der Waals surface area contributed by atoms with E-state index in [9.17, 15) is 19.7 Å². The zero-order valence-corrected chi connectivity index (χ0v) is 16.0. The summed E-state index contributed by atoms with van der Waals surface area (Å²) in [5, 5.41) is 13.9. The van der Waals surface area contributed by atoms with Crippen LogP contribution in [0.4, 0.5) is 11.4 Å². The molecule has 0 unspecified atom stereocenters. The largest absolute Gasteiger partial charge is 0.496 e. The second-order valence-electron chi connectivity index (χ2n) is 5.52. The fraction of sp³-hybridized carbons (Fsp3) is 0.222. The molecule has 28 heavy (non-hydrogen) atoms. The molecule has 0 spiro atoms. The van der Waals surface area contributed by atoms with Crippen LogP contribution in [-0.4, -0.2) is 37.1 Å². The SMILES string of the molecule is COc1ccc(NC(=O)[C@@H](C)OC(=O)c2cc(Cl)ccc2OC)c([N+](=O)[O-])c1. The zero-order valence-electron chi connectivity index (χ0n) is 15.2. The fourth-order valence-corrected chi connectivity index (χ4v) is 2.42.